The van der Waals surface area contributed by atoms with Crippen molar-refractivity contribution in [2.24, 2.45) is 5.92 Å². The zero-order chi connectivity index (χ0) is 15.6. The van der Waals surface area contributed by atoms with Gasteiger partial charge >= 0.3 is 0 Å². The number of nitrogens with one attached hydrogen (secondary N) is 1. The molecule has 3 atom stereocenters. The van der Waals surface area contributed by atoms with E-state index in [-0.39, 0.29) is 6.10 Å². The van der Waals surface area contributed by atoms with Gasteiger partial charge in [0.25, 0.3) is 0 Å². The fourth-order valence-corrected chi connectivity index (χ4v) is 4.46. The van der Waals surface area contributed by atoms with Gasteiger partial charge in [-0.1, -0.05) is 30.3 Å². The lowest BCUT2D eigenvalue weighted by atomic mass is 9.89. The second-order valence-electron chi connectivity index (χ2n) is 7.29. The molecule has 23 heavy (non-hydrogen) atoms. The quantitative estimate of drug-likeness (QED) is 0.932. The van der Waals surface area contributed by atoms with Crippen LogP contribution >= 0.6 is 0 Å². The molecular weight excluding hydrogens is 288 g/mol. The fraction of sp³-hybridized carbons (Fsp3) is 0.632. The maximum absolute atomic E-state index is 12.7. The van der Waals surface area contributed by atoms with E-state index in [0.717, 1.165) is 13.0 Å². The largest absolute Gasteiger partial charge is 0.370 e. The summed E-state index contributed by atoms with van der Waals surface area (Å²) in [6.45, 7) is 2.07. The smallest absolute Gasteiger partial charge is 0.223 e. The van der Waals surface area contributed by atoms with E-state index in [1.54, 1.807) is 0 Å². The Bertz CT molecular complexity index is 536. The molecule has 0 aromatic heterocycles. The van der Waals surface area contributed by atoms with Crippen molar-refractivity contribution in [3.8, 4) is 0 Å². The lowest BCUT2D eigenvalue weighted by Crippen LogP contribution is -2.44. The number of carbonyl (C=O) groups is 1. The number of amides is 1. The number of benzene rings is 1. The third-order valence-electron chi connectivity index (χ3n) is 5.62. The van der Waals surface area contributed by atoms with Crippen molar-refractivity contribution in [1.82, 2.24) is 10.2 Å². The zero-order valence-electron chi connectivity index (χ0n) is 13.6. The van der Waals surface area contributed by atoms with Crippen molar-refractivity contribution in [3.05, 3.63) is 35.9 Å². The van der Waals surface area contributed by atoms with E-state index in [9.17, 15) is 4.79 Å². The Labute approximate surface area is 138 Å². The monoisotopic (exact) mass is 314 g/mol. The minimum Gasteiger partial charge on any atom is -0.370 e. The molecule has 4 heteroatoms. The number of morpholine rings is 1. The number of hydrogen-bond donors (Lipinski definition) is 1. The van der Waals surface area contributed by atoms with Crippen LogP contribution in [0, 0.1) is 5.92 Å². The topological polar surface area (TPSA) is 41.6 Å². The summed E-state index contributed by atoms with van der Waals surface area (Å²) in [5.41, 5.74) is 1.17. The Hall–Kier alpha value is -1.39. The predicted molar refractivity (Wildman–Crippen MR) is 89.0 cm³/mol. The molecule has 1 amide bonds. The molecule has 0 spiro atoms. The normalized spacial score (nSPS) is 33.7. The second kappa shape index (κ2) is 6.62. The summed E-state index contributed by atoms with van der Waals surface area (Å²) in [4.78, 5) is 14.7. The number of ether oxygens (including phenoxy) is 1. The summed E-state index contributed by atoms with van der Waals surface area (Å²) >= 11 is 0. The molecule has 4 rings (SSSR count). The molecule has 2 bridgehead atoms. The summed E-state index contributed by atoms with van der Waals surface area (Å²) in [5.74, 6) is 0.889. The first-order chi connectivity index (χ1) is 11.3. The van der Waals surface area contributed by atoms with Crippen LogP contribution in [0.4, 0.5) is 0 Å². The maximum Gasteiger partial charge on any atom is 0.223 e. The van der Waals surface area contributed by atoms with Crippen LogP contribution in [0.1, 0.15) is 43.8 Å². The highest BCUT2D eigenvalue weighted by atomic mass is 16.5. The standard InChI is InChI=1S/C19H26N2O2/c22-19(12-14-10-16-6-7-17(11-14)20-16)21-8-9-23-18(13-21)15-4-2-1-3-5-15/h1-5,14,16-18,20H,6-13H2. The maximum atomic E-state index is 12.7. The number of hydrogen-bond acceptors (Lipinski definition) is 3. The van der Waals surface area contributed by atoms with Crippen LogP contribution < -0.4 is 5.32 Å². The number of fused-ring (bicyclic) bond motifs is 2. The van der Waals surface area contributed by atoms with Gasteiger partial charge < -0.3 is 15.0 Å². The van der Waals surface area contributed by atoms with Crippen molar-refractivity contribution < 1.29 is 9.53 Å². The van der Waals surface area contributed by atoms with Gasteiger partial charge in [-0.05, 0) is 37.2 Å². The summed E-state index contributed by atoms with van der Waals surface area (Å²) in [6.07, 6.45) is 5.68. The van der Waals surface area contributed by atoms with Crippen molar-refractivity contribution >= 4 is 5.91 Å². The highest BCUT2D eigenvalue weighted by Crippen LogP contribution is 2.33. The second-order valence-corrected chi connectivity index (χ2v) is 7.29. The highest BCUT2D eigenvalue weighted by Gasteiger charge is 2.35. The number of piperidine rings is 1. The van der Waals surface area contributed by atoms with Gasteiger partial charge in [0.1, 0.15) is 6.10 Å². The molecule has 3 fully saturated rings. The van der Waals surface area contributed by atoms with Crippen LogP contribution in [0.2, 0.25) is 0 Å². The Kier molecular flexibility index (Phi) is 4.36. The van der Waals surface area contributed by atoms with Crippen LogP contribution in [0.3, 0.4) is 0 Å². The Morgan fingerprint density at radius 3 is 2.65 bits per heavy atom. The van der Waals surface area contributed by atoms with E-state index in [1.807, 2.05) is 23.1 Å². The van der Waals surface area contributed by atoms with E-state index in [1.165, 1.54) is 31.2 Å². The Balaban J connectivity index is 1.35. The molecule has 0 aliphatic carbocycles. The molecule has 1 aromatic rings. The highest BCUT2D eigenvalue weighted by molar-refractivity contribution is 5.76. The summed E-state index contributed by atoms with van der Waals surface area (Å²) in [7, 11) is 0. The van der Waals surface area contributed by atoms with E-state index in [0.29, 0.717) is 37.1 Å². The van der Waals surface area contributed by atoms with Crippen LogP contribution in [-0.2, 0) is 9.53 Å². The first-order valence-corrected chi connectivity index (χ1v) is 8.98. The molecule has 3 aliphatic heterocycles. The van der Waals surface area contributed by atoms with E-state index in [2.05, 4.69) is 17.4 Å². The molecule has 3 unspecified atom stereocenters. The molecule has 3 heterocycles. The summed E-state index contributed by atoms with van der Waals surface area (Å²) in [6, 6.07) is 11.6. The molecule has 3 saturated heterocycles. The fourth-order valence-electron chi connectivity index (χ4n) is 4.46. The van der Waals surface area contributed by atoms with Gasteiger partial charge in [-0.3, -0.25) is 4.79 Å². The van der Waals surface area contributed by atoms with Crippen molar-refractivity contribution in [1.29, 1.82) is 0 Å². The molecule has 1 aromatic carbocycles. The van der Waals surface area contributed by atoms with Gasteiger partial charge in [-0.15, -0.1) is 0 Å². The van der Waals surface area contributed by atoms with E-state index < -0.39 is 0 Å². The van der Waals surface area contributed by atoms with Crippen LogP contribution in [0.15, 0.2) is 30.3 Å². The molecule has 0 radical (unpaired) electrons. The van der Waals surface area contributed by atoms with Crippen LogP contribution in [0.25, 0.3) is 0 Å². The number of rotatable bonds is 3. The SMILES string of the molecule is O=C(CC1CC2CCC(C1)N2)N1CCOC(c2ccccc2)C1. The van der Waals surface area contributed by atoms with Gasteiger partial charge in [0.2, 0.25) is 5.91 Å². The average molecular weight is 314 g/mol. The number of carbonyl (C=O) groups excluding carboxylic acids is 1. The molecule has 3 aliphatic rings. The summed E-state index contributed by atoms with van der Waals surface area (Å²) < 4.78 is 5.87. The van der Waals surface area contributed by atoms with Gasteiger partial charge in [0.05, 0.1) is 13.2 Å². The molecule has 0 saturated carbocycles. The zero-order valence-corrected chi connectivity index (χ0v) is 13.6. The molecule has 124 valence electrons. The number of nitrogens with zero attached hydrogens (tertiary/aromatic N) is 1. The van der Waals surface area contributed by atoms with Crippen molar-refractivity contribution in [3.63, 3.8) is 0 Å². The van der Waals surface area contributed by atoms with Gasteiger partial charge in [0.15, 0.2) is 0 Å². The van der Waals surface area contributed by atoms with E-state index >= 15 is 0 Å². The third-order valence-corrected chi connectivity index (χ3v) is 5.62. The third kappa shape index (κ3) is 3.43. The minimum absolute atomic E-state index is 0.0260. The molecular formula is C19H26N2O2. The van der Waals surface area contributed by atoms with Crippen LogP contribution in [-0.4, -0.2) is 42.6 Å². The van der Waals surface area contributed by atoms with E-state index in [4.69, 9.17) is 4.74 Å². The average Bonchev–Trinajstić information content (AvgIpc) is 2.94. The van der Waals surface area contributed by atoms with Crippen molar-refractivity contribution in [2.45, 2.75) is 50.3 Å². The van der Waals surface area contributed by atoms with Gasteiger partial charge in [-0.25, -0.2) is 0 Å². The molecule has 1 N–H and O–H groups in total. The van der Waals surface area contributed by atoms with Gasteiger partial charge in [-0.2, -0.15) is 0 Å². The van der Waals surface area contributed by atoms with Crippen molar-refractivity contribution in [2.75, 3.05) is 19.7 Å². The summed E-state index contributed by atoms with van der Waals surface area (Å²) in [5, 5.41) is 3.66. The van der Waals surface area contributed by atoms with Gasteiger partial charge in [0, 0.05) is 25.0 Å². The lowest BCUT2D eigenvalue weighted by Gasteiger charge is -2.35. The van der Waals surface area contributed by atoms with Crippen LogP contribution in [0.5, 0.6) is 0 Å². The molecule has 4 nitrogen and oxygen atoms in total. The Morgan fingerprint density at radius 1 is 1.17 bits per heavy atom. The lowest BCUT2D eigenvalue weighted by molar-refractivity contribution is -0.140. The minimum atomic E-state index is 0.0260. The Morgan fingerprint density at radius 2 is 1.91 bits per heavy atom. The first kappa shape index (κ1) is 15.2. The first-order valence-electron chi connectivity index (χ1n) is 8.98. The predicted octanol–water partition coefficient (Wildman–Crippen LogP) is 2.51.